The standard InChI is InChI=1S/C11H12FN3O3/c12-8-4-3-7(6-10(8)15(17)18)14-5-1-2-9(13)11(14)16/h3-4,6,9H,1-2,5,13H2. The van der Waals surface area contributed by atoms with Gasteiger partial charge in [0.05, 0.1) is 16.7 Å². The van der Waals surface area contributed by atoms with Crippen molar-refractivity contribution in [3.63, 3.8) is 0 Å². The summed E-state index contributed by atoms with van der Waals surface area (Å²) in [5, 5.41) is 10.6. The van der Waals surface area contributed by atoms with Crippen molar-refractivity contribution in [3.05, 3.63) is 34.1 Å². The van der Waals surface area contributed by atoms with Crippen LogP contribution in [0.4, 0.5) is 15.8 Å². The Balaban J connectivity index is 2.36. The van der Waals surface area contributed by atoms with Crippen LogP contribution in [-0.4, -0.2) is 23.4 Å². The van der Waals surface area contributed by atoms with Crippen LogP contribution in [0.15, 0.2) is 18.2 Å². The van der Waals surface area contributed by atoms with E-state index in [1.165, 1.54) is 11.0 Å². The summed E-state index contributed by atoms with van der Waals surface area (Å²) >= 11 is 0. The van der Waals surface area contributed by atoms with Crippen LogP contribution in [0.25, 0.3) is 0 Å². The van der Waals surface area contributed by atoms with E-state index in [1.807, 2.05) is 0 Å². The molecule has 1 aliphatic heterocycles. The van der Waals surface area contributed by atoms with Crippen molar-refractivity contribution < 1.29 is 14.1 Å². The Bertz CT molecular complexity index is 506. The zero-order valence-corrected chi connectivity index (χ0v) is 9.51. The van der Waals surface area contributed by atoms with Gasteiger partial charge in [-0.3, -0.25) is 14.9 Å². The molecular weight excluding hydrogens is 241 g/mol. The Morgan fingerprint density at radius 2 is 2.22 bits per heavy atom. The number of rotatable bonds is 2. The molecule has 6 nitrogen and oxygen atoms in total. The fourth-order valence-electron chi connectivity index (χ4n) is 1.97. The van der Waals surface area contributed by atoms with Gasteiger partial charge in [-0.05, 0) is 25.0 Å². The highest BCUT2D eigenvalue weighted by molar-refractivity contribution is 5.98. The van der Waals surface area contributed by atoms with Crippen LogP contribution in [0, 0.1) is 15.9 Å². The van der Waals surface area contributed by atoms with E-state index in [1.54, 1.807) is 0 Å². The normalized spacial score (nSPS) is 20.0. The number of carbonyl (C=O) groups excluding carboxylic acids is 1. The third-order valence-corrected chi connectivity index (χ3v) is 2.92. The van der Waals surface area contributed by atoms with Crippen molar-refractivity contribution in [2.45, 2.75) is 18.9 Å². The molecule has 0 spiro atoms. The molecule has 96 valence electrons. The van der Waals surface area contributed by atoms with E-state index >= 15 is 0 Å². The molecule has 2 rings (SSSR count). The highest BCUT2D eigenvalue weighted by Gasteiger charge is 2.28. The zero-order chi connectivity index (χ0) is 13.3. The average Bonchev–Trinajstić information content (AvgIpc) is 2.33. The minimum absolute atomic E-state index is 0.290. The number of hydrogen-bond acceptors (Lipinski definition) is 4. The van der Waals surface area contributed by atoms with Crippen LogP contribution >= 0.6 is 0 Å². The summed E-state index contributed by atoms with van der Waals surface area (Å²) in [6.45, 7) is 0.440. The van der Waals surface area contributed by atoms with Gasteiger partial charge in [-0.25, -0.2) is 0 Å². The largest absolute Gasteiger partial charge is 0.320 e. The topological polar surface area (TPSA) is 89.5 Å². The average molecular weight is 253 g/mol. The number of nitrogens with zero attached hydrogens (tertiary/aromatic N) is 2. The van der Waals surface area contributed by atoms with Crippen LogP contribution in [0.5, 0.6) is 0 Å². The summed E-state index contributed by atoms with van der Waals surface area (Å²) in [7, 11) is 0. The second kappa shape index (κ2) is 4.69. The van der Waals surface area contributed by atoms with Crippen LogP contribution in [-0.2, 0) is 4.79 Å². The van der Waals surface area contributed by atoms with Gasteiger partial charge >= 0.3 is 5.69 Å². The number of benzene rings is 1. The minimum atomic E-state index is -0.919. The fourth-order valence-corrected chi connectivity index (χ4v) is 1.97. The number of hydrogen-bond donors (Lipinski definition) is 1. The van der Waals surface area contributed by atoms with Gasteiger partial charge in [0.1, 0.15) is 0 Å². The van der Waals surface area contributed by atoms with Gasteiger partial charge in [0, 0.05) is 12.6 Å². The molecule has 1 unspecified atom stereocenters. The van der Waals surface area contributed by atoms with Gasteiger partial charge in [-0.2, -0.15) is 4.39 Å². The number of carbonyl (C=O) groups is 1. The highest BCUT2D eigenvalue weighted by Crippen LogP contribution is 2.26. The van der Waals surface area contributed by atoms with Crippen LogP contribution in [0.1, 0.15) is 12.8 Å². The molecule has 1 atom stereocenters. The second-order valence-corrected chi connectivity index (χ2v) is 4.13. The van der Waals surface area contributed by atoms with E-state index in [-0.39, 0.29) is 5.91 Å². The van der Waals surface area contributed by atoms with Gasteiger partial charge in [0.2, 0.25) is 11.7 Å². The van der Waals surface area contributed by atoms with E-state index in [9.17, 15) is 19.3 Å². The van der Waals surface area contributed by atoms with E-state index in [0.29, 0.717) is 18.7 Å². The number of anilines is 1. The highest BCUT2D eigenvalue weighted by atomic mass is 19.1. The molecule has 7 heteroatoms. The van der Waals surface area contributed by atoms with E-state index in [0.717, 1.165) is 18.6 Å². The predicted molar refractivity (Wildman–Crippen MR) is 62.6 cm³/mol. The number of nitro groups is 1. The smallest absolute Gasteiger partial charge is 0.306 e. The van der Waals surface area contributed by atoms with Crippen LogP contribution in [0.2, 0.25) is 0 Å². The van der Waals surface area contributed by atoms with Crippen molar-refractivity contribution in [3.8, 4) is 0 Å². The van der Waals surface area contributed by atoms with Crippen LogP contribution in [0.3, 0.4) is 0 Å². The van der Waals surface area contributed by atoms with Gasteiger partial charge < -0.3 is 10.6 Å². The monoisotopic (exact) mass is 253 g/mol. The summed E-state index contributed by atoms with van der Waals surface area (Å²) in [4.78, 5) is 23.0. The van der Waals surface area contributed by atoms with Gasteiger partial charge in [-0.1, -0.05) is 0 Å². The van der Waals surface area contributed by atoms with Crippen LogP contribution < -0.4 is 10.6 Å². The first-order chi connectivity index (χ1) is 8.50. The molecule has 1 saturated heterocycles. The lowest BCUT2D eigenvalue weighted by molar-refractivity contribution is -0.387. The maximum atomic E-state index is 13.2. The first-order valence-corrected chi connectivity index (χ1v) is 5.51. The summed E-state index contributed by atoms with van der Waals surface area (Å²) in [5.41, 5.74) is 5.30. The third-order valence-electron chi connectivity index (χ3n) is 2.92. The lowest BCUT2D eigenvalue weighted by Gasteiger charge is -2.30. The Labute approximate surface area is 102 Å². The quantitative estimate of drug-likeness (QED) is 0.633. The lowest BCUT2D eigenvalue weighted by Crippen LogP contribution is -2.48. The number of nitrogens with two attached hydrogens (primary N) is 1. The number of amides is 1. The maximum absolute atomic E-state index is 13.2. The first-order valence-electron chi connectivity index (χ1n) is 5.51. The fraction of sp³-hybridized carbons (Fsp3) is 0.364. The molecule has 18 heavy (non-hydrogen) atoms. The zero-order valence-electron chi connectivity index (χ0n) is 9.51. The first kappa shape index (κ1) is 12.4. The second-order valence-electron chi connectivity index (χ2n) is 4.13. The third kappa shape index (κ3) is 2.17. The molecule has 0 aliphatic carbocycles. The van der Waals surface area contributed by atoms with Crippen molar-refractivity contribution in [2.24, 2.45) is 5.73 Å². The molecule has 1 amide bonds. The van der Waals surface area contributed by atoms with E-state index in [4.69, 9.17) is 5.73 Å². The number of halogens is 1. The van der Waals surface area contributed by atoms with Crippen molar-refractivity contribution >= 4 is 17.3 Å². The summed E-state index contributed by atoms with van der Waals surface area (Å²) < 4.78 is 13.2. The Hall–Kier alpha value is -2.02. The van der Waals surface area contributed by atoms with Crippen molar-refractivity contribution in [2.75, 3.05) is 11.4 Å². The molecule has 0 radical (unpaired) electrons. The maximum Gasteiger partial charge on any atom is 0.306 e. The molecule has 1 aromatic carbocycles. The summed E-state index contributed by atoms with van der Waals surface area (Å²) in [6.07, 6.45) is 1.32. The molecule has 0 saturated carbocycles. The lowest BCUT2D eigenvalue weighted by atomic mass is 10.0. The van der Waals surface area contributed by atoms with Gasteiger partial charge in [0.15, 0.2) is 0 Å². The molecule has 2 N–H and O–H groups in total. The van der Waals surface area contributed by atoms with E-state index in [2.05, 4.69) is 0 Å². The van der Waals surface area contributed by atoms with Crippen molar-refractivity contribution in [1.29, 1.82) is 0 Å². The molecular formula is C11H12FN3O3. The Morgan fingerprint density at radius 3 is 2.89 bits per heavy atom. The molecule has 1 heterocycles. The number of piperidine rings is 1. The van der Waals surface area contributed by atoms with E-state index < -0.39 is 22.5 Å². The minimum Gasteiger partial charge on any atom is -0.320 e. The molecule has 1 fully saturated rings. The van der Waals surface area contributed by atoms with Crippen molar-refractivity contribution in [1.82, 2.24) is 0 Å². The van der Waals surface area contributed by atoms with Gasteiger partial charge in [-0.15, -0.1) is 0 Å². The molecule has 1 aliphatic rings. The van der Waals surface area contributed by atoms with Gasteiger partial charge in [0.25, 0.3) is 0 Å². The molecule has 1 aromatic rings. The Kier molecular flexibility index (Phi) is 3.24. The Morgan fingerprint density at radius 1 is 1.50 bits per heavy atom. The summed E-state index contributed by atoms with van der Waals surface area (Å²) in [6, 6.07) is 2.80. The molecule has 0 aromatic heterocycles. The summed E-state index contributed by atoms with van der Waals surface area (Å²) in [5.74, 6) is -1.21. The number of nitro benzene ring substituents is 1. The SMILES string of the molecule is NC1CCCN(c2ccc(F)c([N+](=O)[O-])c2)C1=O. The predicted octanol–water partition coefficient (Wildman–Crippen LogP) is 1.19. The molecule has 0 bridgehead atoms.